The van der Waals surface area contributed by atoms with E-state index in [1.54, 1.807) is 7.11 Å². The molecule has 1 N–H and O–H groups in total. The van der Waals surface area contributed by atoms with E-state index in [4.69, 9.17) is 4.74 Å². The highest BCUT2D eigenvalue weighted by atomic mass is 16.5. The molecule has 0 aliphatic rings. The number of hydrogen-bond acceptors (Lipinski definition) is 2. The molecule has 0 aliphatic heterocycles. The lowest BCUT2D eigenvalue weighted by Crippen LogP contribution is -2.34. The Kier molecular flexibility index (Phi) is 6.35. The first-order chi connectivity index (χ1) is 6.04. The van der Waals surface area contributed by atoms with Crippen LogP contribution in [0.4, 0.5) is 0 Å². The number of rotatable bonds is 7. The van der Waals surface area contributed by atoms with Crippen LogP contribution in [0.3, 0.4) is 0 Å². The average Bonchev–Trinajstić information content (AvgIpc) is 2.10. The van der Waals surface area contributed by atoms with Crippen molar-refractivity contribution in [1.82, 2.24) is 5.32 Å². The molecule has 2 heteroatoms. The van der Waals surface area contributed by atoms with Crippen molar-refractivity contribution in [2.24, 2.45) is 11.3 Å². The van der Waals surface area contributed by atoms with Crippen LogP contribution in [0.1, 0.15) is 34.1 Å². The highest BCUT2D eigenvalue weighted by Crippen LogP contribution is 2.28. The predicted molar refractivity (Wildman–Crippen MR) is 58.0 cm³/mol. The first-order valence-electron chi connectivity index (χ1n) is 5.24. The van der Waals surface area contributed by atoms with Gasteiger partial charge in [-0.05, 0) is 24.3 Å². The first kappa shape index (κ1) is 12.9. The summed E-state index contributed by atoms with van der Waals surface area (Å²) >= 11 is 0. The van der Waals surface area contributed by atoms with E-state index < -0.39 is 0 Å². The molecule has 0 aromatic heterocycles. The van der Waals surface area contributed by atoms with Crippen LogP contribution in [0.2, 0.25) is 0 Å². The number of ether oxygens (including phenoxy) is 1. The first-order valence-corrected chi connectivity index (χ1v) is 5.24. The largest absolute Gasteiger partial charge is 0.385 e. The highest BCUT2D eigenvalue weighted by molar-refractivity contribution is 4.77. The van der Waals surface area contributed by atoms with Crippen LogP contribution in [0, 0.1) is 11.3 Å². The highest BCUT2D eigenvalue weighted by Gasteiger charge is 2.24. The van der Waals surface area contributed by atoms with E-state index in [-0.39, 0.29) is 0 Å². The zero-order chi connectivity index (χ0) is 10.3. The summed E-state index contributed by atoms with van der Waals surface area (Å²) in [5.74, 6) is 0.700. The summed E-state index contributed by atoms with van der Waals surface area (Å²) in [5.41, 5.74) is 0.370. The molecule has 0 aromatic rings. The zero-order valence-corrected chi connectivity index (χ0v) is 9.81. The van der Waals surface area contributed by atoms with Gasteiger partial charge in [-0.1, -0.05) is 27.7 Å². The lowest BCUT2D eigenvalue weighted by atomic mass is 9.78. The van der Waals surface area contributed by atoms with Crippen LogP contribution >= 0.6 is 0 Å². The Bertz CT molecular complexity index is 123. The van der Waals surface area contributed by atoms with Crippen molar-refractivity contribution < 1.29 is 4.74 Å². The molecule has 2 nitrogen and oxygen atoms in total. The predicted octanol–water partition coefficient (Wildman–Crippen LogP) is 2.29. The van der Waals surface area contributed by atoms with Crippen molar-refractivity contribution in [3.63, 3.8) is 0 Å². The van der Waals surface area contributed by atoms with Crippen molar-refractivity contribution >= 4 is 0 Å². The van der Waals surface area contributed by atoms with Crippen molar-refractivity contribution in [3.05, 3.63) is 0 Å². The van der Waals surface area contributed by atoms with Gasteiger partial charge < -0.3 is 10.1 Å². The zero-order valence-electron chi connectivity index (χ0n) is 9.81. The molecule has 0 bridgehead atoms. The van der Waals surface area contributed by atoms with Gasteiger partial charge in [0.25, 0.3) is 0 Å². The van der Waals surface area contributed by atoms with E-state index in [0.717, 1.165) is 26.1 Å². The lowest BCUT2D eigenvalue weighted by molar-refractivity contribution is 0.135. The van der Waals surface area contributed by atoms with E-state index >= 15 is 0 Å². The quantitative estimate of drug-likeness (QED) is 0.660. The molecule has 0 rings (SSSR count). The molecule has 80 valence electrons. The monoisotopic (exact) mass is 187 g/mol. The molecule has 0 fully saturated rings. The maximum atomic E-state index is 5.09. The third-order valence-corrected chi connectivity index (χ3v) is 2.92. The molecular formula is C11H25NO. The maximum Gasteiger partial charge on any atom is 0.0465 e. The van der Waals surface area contributed by atoms with Gasteiger partial charge in [-0.15, -0.1) is 0 Å². The van der Waals surface area contributed by atoms with Gasteiger partial charge in [-0.25, -0.2) is 0 Å². The summed E-state index contributed by atoms with van der Waals surface area (Å²) in [6.07, 6.45) is 1.15. The minimum absolute atomic E-state index is 0.370. The number of nitrogens with one attached hydrogen (secondary N) is 1. The van der Waals surface area contributed by atoms with E-state index in [0.29, 0.717) is 11.3 Å². The molecule has 0 amide bonds. The molecule has 0 heterocycles. The van der Waals surface area contributed by atoms with Gasteiger partial charge in [0.15, 0.2) is 0 Å². The summed E-state index contributed by atoms with van der Waals surface area (Å²) in [7, 11) is 1.77. The Balaban J connectivity index is 3.80. The third kappa shape index (κ3) is 5.27. The second kappa shape index (κ2) is 6.39. The Morgan fingerprint density at radius 1 is 1.38 bits per heavy atom. The van der Waals surface area contributed by atoms with Gasteiger partial charge >= 0.3 is 0 Å². The van der Waals surface area contributed by atoms with Crippen LogP contribution < -0.4 is 5.32 Å². The average molecular weight is 187 g/mol. The van der Waals surface area contributed by atoms with Crippen molar-refractivity contribution in [3.8, 4) is 0 Å². The molecule has 1 atom stereocenters. The topological polar surface area (TPSA) is 21.3 Å². The summed E-state index contributed by atoms with van der Waals surface area (Å²) in [5, 5.41) is 3.41. The number of methoxy groups -OCH3 is 1. The van der Waals surface area contributed by atoms with E-state index in [2.05, 4.69) is 33.0 Å². The molecule has 0 spiro atoms. The molecule has 13 heavy (non-hydrogen) atoms. The van der Waals surface area contributed by atoms with E-state index in [1.165, 1.54) is 0 Å². The number of hydrogen-bond donors (Lipinski definition) is 1. The van der Waals surface area contributed by atoms with Crippen LogP contribution in [-0.4, -0.2) is 26.8 Å². The summed E-state index contributed by atoms with van der Waals surface area (Å²) in [6.45, 7) is 12.1. The van der Waals surface area contributed by atoms with Gasteiger partial charge in [0, 0.05) is 20.3 Å². The standard InChI is InChI=1S/C11H25NO/c1-6-12-9-11(3,4)10(2)7-8-13-5/h10,12H,6-9H2,1-5H3. The normalized spacial score (nSPS) is 14.5. The fourth-order valence-corrected chi connectivity index (χ4v) is 1.31. The van der Waals surface area contributed by atoms with Crippen molar-refractivity contribution in [2.75, 3.05) is 26.8 Å². The second-order valence-electron chi connectivity index (χ2n) is 4.45. The second-order valence-corrected chi connectivity index (χ2v) is 4.45. The van der Waals surface area contributed by atoms with Crippen molar-refractivity contribution in [1.29, 1.82) is 0 Å². The molecule has 0 aromatic carbocycles. The Hall–Kier alpha value is -0.0800. The maximum absolute atomic E-state index is 5.09. The van der Waals surface area contributed by atoms with E-state index in [9.17, 15) is 0 Å². The SMILES string of the molecule is CCNCC(C)(C)C(C)CCOC. The Morgan fingerprint density at radius 2 is 2.00 bits per heavy atom. The van der Waals surface area contributed by atoms with Crippen molar-refractivity contribution in [2.45, 2.75) is 34.1 Å². The summed E-state index contributed by atoms with van der Waals surface area (Å²) < 4.78 is 5.09. The molecule has 1 unspecified atom stereocenters. The van der Waals surface area contributed by atoms with Crippen LogP contribution in [0.25, 0.3) is 0 Å². The molecule has 0 aliphatic carbocycles. The van der Waals surface area contributed by atoms with Crippen LogP contribution in [0.5, 0.6) is 0 Å². The fourth-order valence-electron chi connectivity index (χ4n) is 1.31. The lowest BCUT2D eigenvalue weighted by Gasteiger charge is -2.32. The van der Waals surface area contributed by atoms with Crippen LogP contribution in [0.15, 0.2) is 0 Å². The van der Waals surface area contributed by atoms with Gasteiger partial charge in [0.1, 0.15) is 0 Å². The van der Waals surface area contributed by atoms with Gasteiger partial charge in [-0.3, -0.25) is 0 Å². The van der Waals surface area contributed by atoms with Crippen LogP contribution in [-0.2, 0) is 4.74 Å². The summed E-state index contributed by atoms with van der Waals surface area (Å²) in [4.78, 5) is 0. The van der Waals surface area contributed by atoms with Gasteiger partial charge in [-0.2, -0.15) is 0 Å². The molecular weight excluding hydrogens is 162 g/mol. The summed E-state index contributed by atoms with van der Waals surface area (Å²) in [6, 6.07) is 0. The molecule has 0 radical (unpaired) electrons. The minimum atomic E-state index is 0.370. The fraction of sp³-hybridized carbons (Fsp3) is 1.00. The third-order valence-electron chi connectivity index (χ3n) is 2.92. The Labute approximate surface area is 83.1 Å². The van der Waals surface area contributed by atoms with E-state index in [1.807, 2.05) is 0 Å². The van der Waals surface area contributed by atoms with Gasteiger partial charge in [0.05, 0.1) is 0 Å². The minimum Gasteiger partial charge on any atom is -0.385 e. The Morgan fingerprint density at radius 3 is 2.46 bits per heavy atom. The van der Waals surface area contributed by atoms with Gasteiger partial charge in [0.2, 0.25) is 0 Å². The molecule has 0 saturated carbocycles. The molecule has 0 saturated heterocycles. The smallest absolute Gasteiger partial charge is 0.0465 e.